The predicted molar refractivity (Wildman–Crippen MR) is 99.2 cm³/mol. The molecule has 0 spiro atoms. The van der Waals surface area contributed by atoms with Gasteiger partial charge in [-0.05, 0) is 30.3 Å². The van der Waals surface area contributed by atoms with E-state index in [2.05, 4.69) is 21.9 Å². The number of sulfonamides is 1. The van der Waals surface area contributed by atoms with Crippen LogP contribution in [0.15, 0.2) is 66.1 Å². The van der Waals surface area contributed by atoms with Crippen LogP contribution >= 0.6 is 0 Å². The van der Waals surface area contributed by atoms with Gasteiger partial charge in [0.15, 0.2) is 0 Å². The summed E-state index contributed by atoms with van der Waals surface area (Å²) in [5.74, 6) is -2.17. The fourth-order valence-electron chi connectivity index (χ4n) is 2.09. The molecular weight excluding hydrogens is 373 g/mol. The molecule has 142 valence electrons. The molecule has 0 radical (unpaired) electrons. The number of benzene rings is 2. The van der Waals surface area contributed by atoms with Gasteiger partial charge in [-0.1, -0.05) is 24.3 Å². The summed E-state index contributed by atoms with van der Waals surface area (Å²) in [5.41, 5.74) is 0.475. The number of carbonyl (C=O) groups is 2. The van der Waals surface area contributed by atoms with E-state index >= 15 is 0 Å². The maximum Gasteiger partial charge on any atom is 0.251 e. The van der Waals surface area contributed by atoms with Crippen molar-refractivity contribution < 1.29 is 22.4 Å². The third kappa shape index (κ3) is 5.73. The quantitative estimate of drug-likeness (QED) is 0.595. The molecule has 0 aromatic heterocycles. The summed E-state index contributed by atoms with van der Waals surface area (Å²) in [6, 6.07) is 11.6. The van der Waals surface area contributed by atoms with Crippen LogP contribution in [0.25, 0.3) is 0 Å². The van der Waals surface area contributed by atoms with Crippen molar-refractivity contribution in [3.05, 3.63) is 72.6 Å². The Kier molecular flexibility index (Phi) is 6.80. The number of halogens is 1. The average molecular weight is 391 g/mol. The Hall–Kier alpha value is -3.04. The molecule has 2 amide bonds. The lowest BCUT2D eigenvalue weighted by atomic mass is 10.2. The molecule has 2 rings (SSSR count). The first kappa shape index (κ1) is 20.3. The summed E-state index contributed by atoms with van der Waals surface area (Å²) in [4.78, 5) is 23.3. The zero-order chi connectivity index (χ0) is 19.9. The molecule has 0 heterocycles. The first-order valence-electron chi connectivity index (χ1n) is 7.86. The number of nitrogens with one attached hydrogen (secondary N) is 3. The first-order chi connectivity index (χ1) is 12.8. The summed E-state index contributed by atoms with van der Waals surface area (Å²) in [6.07, 6.45) is 1.30. The fourth-order valence-corrected chi connectivity index (χ4v) is 3.19. The van der Waals surface area contributed by atoms with Crippen LogP contribution in [0.5, 0.6) is 0 Å². The Labute approximate surface area is 156 Å². The minimum atomic E-state index is -4.14. The van der Waals surface area contributed by atoms with Crippen molar-refractivity contribution in [2.24, 2.45) is 0 Å². The van der Waals surface area contributed by atoms with Crippen LogP contribution in [0.2, 0.25) is 0 Å². The van der Waals surface area contributed by atoms with Crippen LogP contribution in [0, 0.1) is 5.82 Å². The van der Waals surface area contributed by atoms with Crippen molar-refractivity contribution in [3.8, 4) is 0 Å². The molecule has 2 aromatic carbocycles. The largest absolute Gasteiger partial charge is 0.343 e. The Morgan fingerprint density at radius 2 is 1.81 bits per heavy atom. The van der Waals surface area contributed by atoms with E-state index in [1.165, 1.54) is 6.08 Å². The third-order valence-corrected chi connectivity index (χ3v) is 4.81. The predicted octanol–water partition coefficient (Wildman–Crippen LogP) is 1.66. The van der Waals surface area contributed by atoms with Crippen LogP contribution in [0.1, 0.15) is 10.4 Å². The van der Waals surface area contributed by atoms with Crippen LogP contribution in [0.3, 0.4) is 0 Å². The van der Waals surface area contributed by atoms with E-state index in [1.54, 1.807) is 30.3 Å². The number of anilines is 1. The van der Waals surface area contributed by atoms with Crippen LogP contribution < -0.4 is 15.4 Å². The van der Waals surface area contributed by atoms with Gasteiger partial charge in [-0.25, -0.2) is 17.5 Å². The van der Waals surface area contributed by atoms with Gasteiger partial charge in [0, 0.05) is 17.8 Å². The van der Waals surface area contributed by atoms with Gasteiger partial charge in [0.1, 0.15) is 10.7 Å². The van der Waals surface area contributed by atoms with Crippen LogP contribution in [0.4, 0.5) is 10.1 Å². The molecule has 9 heteroatoms. The lowest BCUT2D eigenvalue weighted by Gasteiger charge is -2.09. The number of amides is 2. The first-order valence-corrected chi connectivity index (χ1v) is 9.35. The topological polar surface area (TPSA) is 104 Å². The highest BCUT2D eigenvalue weighted by atomic mass is 32.2. The second-order valence-corrected chi connectivity index (χ2v) is 7.12. The van der Waals surface area contributed by atoms with Gasteiger partial charge in [0.2, 0.25) is 15.9 Å². The highest BCUT2D eigenvalue weighted by Gasteiger charge is 2.20. The third-order valence-electron chi connectivity index (χ3n) is 3.37. The van der Waals surface area contributed by atoms with E-state index in [0.717, 1.165) is 18.2 Å². The summed E-state index contributed by atoms with van der Waals surface area (Å²) < 4.78 is 40.1. The zero-order valence-electron chi connectivity index (χ0n) is 14.2. The minimum absolute atomic E-state index is 0.0855. The molecule has 0 unspecified atom stereocenters. The van der Waals surface area contributed by atoms with E-state index in [9.17, 15) is 22.4 Å². The zero-order valence-corrected chi connectivity index (χ0v) is 15.1. The van der Waals surface area contributed by atoms with Crippen molar-refractivity contribution in [1.82, 2.24) is 10.0 Å². The Balaban J connectivity index is 2.05. The molecule has 7 nitrogen and oxygen atoms in total. The monoisotopic (exact) mass is 391 g/mol. The molecule has 0 aliphatic rings. The molecule has 0 aliphatic heterocycles. The van der Waals surface area contributed by atoms with Crippen molar-refractivity contribution in [2.45, 2.75) is 4.90 Å². The number of hydrogen-bond donors (Lipinski definition) is 3. The molecule has 3 N–H and O–H groups in total. The van der Waals surface area contributed by atoms with E-state index in [0.29, 0.717) is 5.69 Å². The van der Waals surface area contributed by atoms with Crippen molar-refractivity contribution >= 4 is 27.5 Å². The number of carbonyl (C=O) groups excluding carboxylic acids is 2. The van der Waals surface area contributed by atoms with Crippen molar-refractivity contribution in [3.63, 3.8) is 0 Å². The summed E-state index contributed by atoms with van der Waals surface area (Å²) in [6.45, 7) is 2.96. The highest BCUT2D eigenvalue weighted by molar-refractivity contribution is 7.89. The molecule has 0 saturated heterocycles. The molecule has 27 heavy (non-hydrogen) atoms. The number of rotatable bonds is 8. The number of hydrogen-bond acceptors (Lipinski definition) is 4. The van der Waals surface area contributed by atoms with Crippen molar-refractivity contribution in [2.75, 3.05) is 18.4 Å². The minimum Gasteiger partial charge on any atom is -0.343 e. The smallest absolute Gasteiger partial charge is 0.251 e. The highest BCUT2D eigenvalue weighted by Crippen LogP contribution is 2.16. The van der Waals surface area contributed by atoms with Gasteiger partial charge in [-0.15, -0.1) is 6.58 Å². The lowest BCUT2D eigenvalue weighted by molar-refractivity contribution is -0.115. The molecule has 0 fully saturated rings. The van der Waals surface area contributed by atoms with Crippen LogP contribution in [-0.2, 0) is 14.8 Å². The SMILES string of the molecule is C=CCNS(=O)(=O)c1cc(C(=O)NCC(=O)Nc2ccccc2)ccc1F. The summed E-state index contributed by atoms with van der Waals surface area (Å²) in [7, 11) is -4.14. The number of para-hydroxylation sites is 1. The van der Waals surface area contributed by atoms with Crippen LogP contribution in [-0.4, -0.2) is 33.3 Å². The average Bonchev–Trinajstić information content (AvgIpc) is 2.65. The van der Waals surface area contributed by atoms with Gasteiger partial charge >= 0.3 is 0 Å². The molecule has 0 aliphatic carbocycles. The second kappa shape index (κ2) is 9.06. The van der Waals surface area contributed by atoms with Gasteiger partial charge in [-0.2, -0.15) is 0 Å². The molecule has 2 aromatic rings. The van der Waals surface area contributed by atoms with Gasteiger partial charge in [0.25, 0.3) is 5.91 Å². The second-order valence-electron chi connectivity index (χ2n) is 5.38. The molecular formula is C18H18FN3O4S. The Morgan fingerprint density at radius 1 is 1.11 bits per heavy atom. The molecule has 0 saturated carbocycles. The van der Waals surface area contributed by atoms with Gasteiger partial charge < -0.3 is 10.6 Å². The summed E-state index contributed by atoms with van der Waals surface area (Å²) >= 11 is 0. The molecule has 0 bridgehead atoms. The van der Waals surface area contributed by atoms with Gasteiger partial charge in [0.05, 0.1) is 6.54 Å². The van der Waals surface area contributed by atoms with Crippen molar-refractivity contribution in [1.29, 1.82) is 0 Å². The fraction of sp³-hybridized carbons (Fsp3) is 0.111. The van der Waals surface area contributed by atoms with E-state index in [1.807, 2.05) is 0 Å². The maximum absolute atomic E-state index is 13.9. The van der Waals surface area contributed by atoms with E-state index < -0.39 is 32.6 Å². The molecule has 0 atom stereocenters. The van der Waals surface area contributed by atoms with E-state index in [4.69, 9.17) is 0 Å². The lowest BCUT2D eigenvalue weighted by Crippen LogP contribution is -2.33. The Morgan fingerprint density at radius 3 is 2.48 bits per heavy atom. The Bertz CT molecular complexity index is 946. The maximum atomic E-state index is 13.9. The van der Waals surface area contributed by atoms with E-state index in [-0.39, 0.29) is 18.7 Å². The standard InChI is InChI=1S/C18H18FN3O4S/c1-2-10-21-27(25,26)16-11-13(8-9-15(16)19)18(24)20-12-17(23)22-14-6-4-3-5-7-14/h2-9,11,21H,1,10,12H2,(H,20,24)(H,22,23). The summed E-state index contributed by atoms with van der Waals surface area (Å²) in [5, 5.41) is 4.94. The van der Waals surface area contributed by atoms with Gasteiger partial charge in [-0.3, -0.25) is 9.59 Å². The normalized spacial score (nSPS) is 10.9.